The number of benzene rings is 2. The third-order valence-corrected chi connectivity index (χ3v) is 5.74. The first-order valence-electron chi connectivity index (χ1n) is 9.89. The number of carbonyl (C=O) groups is 2. The molecule has 0 aliphatic carbocycles. The number of nitrogens with one attached hydrogen (secondary N) is 1. The van der Waals surface area contributed by atoms with Crippen LogP contribution in [0, 0.1) is 6.92 Å². The van der Waals surface area contributed by atoms with Crippen LogP contribution in [-0.2, 0) is 17.6 Å². The van der Waals surface area contributed by atoms with Crippen molar-refractivity contribution in [3.63, 3.8) is 0 Å². The molecule has 1 aromatic heterocycles. The van der Waals surface area contributed by atoms with Crippen molar-refractivity contribution in [2.24, 2.45) is 5.16 Å². The molecule has 2 amide bonds. The van der Waals surface area contributed by atoms with Crippen LogP contribution in [0.1, 0.15) is 23.3 Å². The topological polar surface area (TPSA) is 93.8 Å². The van der Waals surface area contributed by atoms with Gasteiger partial charge in [-0.25, -0.2) is 0 Å². The number of rotatable bonds is 8. The average Bonchev–Trinajstić information content (AvgIpc) is 3.30. The molecule has 1 fully saturated rings. The molecular formula is C23H21N3O4S. The van der Waals surface area contributed by atoms with Crippen molar-refractivity contribution in [3.05, 3.63) is 71.5 Å². The zero-order valence-corrected chi connectivity index (χ0v) is 17.7. The maximum Gasteiger partial charge on any atom is 0.290 e. The summed E-state index contributed by atoms with van der Waals surface area (Å²) in [7, 11) is 0. The molecule has 2 aromatic carbocycles. The van der Waals surface area contributed by atoms with Gasteiger partial charge in [-0.3, -0.25) is 14.9 Å². The van der Waals surface area contributed by atoms with Crippen molar-refractivity contribution in [1.29, 1.82) is 0 Å². The summed E-state index contributed by atoms with van der Waals surface area (Å²) in [5.74, 6) is 1.21. The van der Waals surface area contributed by atoms with Crippen molar-refractivity contribution in [2.45, 2.75) is 31.4 Å². The molecule has 1 atom stereocenters. The molecule has 1 unspecified atom stereocenters. The van der Waals surface area contributed by atoms with Crippen molar-refractivity contribution < 1.29 is 18.8 Å². The van der Waals surface area contributed by atoms with E-state index in [0.717, 1.165) is 34.9 Å². The van der Waals surface area contributed by atoms with Gasteiger partial charge in [0.05, 0.1) is 5.25 Å². The van der Waals surface area contributed by atoms with Crippen molar-refractivity contribution >= 4 is 29.1 Å². The highest BCUT2D eigenvalue weighted by Gasteiger charge is 2.31. The predicted molar refractivity (Wildman–Crippen MR) is 119 cm³/mol. The van der Waals surface area contributed by atoms with E-state index in [0.29, 0.717) is 30.4 Å². The second-order valence-electron chi connectivity index (χ2n) is 7.07. The van der Waals surface area contributed by atoms with Crippen molar-refractivity contribution in [3.8, 4) is 17.3 Å². The van der Waals surface area contributed by atoms with Crippen LogP contribution < -0.4 is 10.2 Å². The molecule has 3 aromatic rings. The summed E-state index contributed by atoms with van der Waals surface area (Å²) < 4.78 is 5.64. The molecule has 1 saturated heterocycles. The number of hydrogen-bond acceptors (Lipinski definition) is 7. The van der Waals surface area contributed by atoms with E-state index in [4.69, 9.17) is 9.25 Å². The number of thioether (sulfide) groups is 1. The number of hydrogen-bond donors (Lipinski definition) is 1. The van der Waals surface area contributed by atoms with E-state index in [1.165, 1.54) is 0 Å². The second kappa shape index (κ2) is 9.61. The van der Waals surface area contributed by atoms with Gasteiger partial charge in [0.1, 0.15) is 0 Å². The standard InChI is InChI=1S/C23H21N3O4S/c1-15-21(26-22(29-15)18-7-3-2-4-8-18)30-24-13-5-6-16-9-11-17(12-10-16)14-19-20(27)25-23(28)31-19/h2-4,7-13,19H,5-6,14H2,1H3,(H,25,27,28)/b24-13+. The molecule has 0 radical (unpaired) electrons. The predicted octanol–water partition coefficient (Wildman–Crippen LogP) is 4.54. The summed E-state index contributed by atoms with van der Waals surface area (Å²) in [4.78, 5) is 32.7. The van der Waals surface area contributed by atoms with E-state index in [2.05, 4.69) is 15.5 Å². The first-order chi connectivity index (χ1) is 15.1. The Kier molecular flexibility index (Phi) is 6.47. The fourth-order valence-electron chi connectivity index (χ4n) is 3.13. The maximum absolute atomic E-state index is 11.7. The number of nitrogens with zero attached hydrogens (tertiary/aromatic N) is 2. The number of oxime groups is 1. The van der Waals surface area contributed by atoms with Crippen LogP contribution in [0.15, 0.2) is 64.2 Å². The van der Waals surface area contributed by atoms with Crippen LogP contribution in [-0.4, -0.2) is 27.6 Å². The fourth-order valence-corrected chi connectivity index (χ4v) is 3.99. The molecule has 0 spiro atoms. The third kappa shape index (κ3) is 5.40. The van der Waals surface area contributed by atoms with Gasteiger partial charge in [-0.05, 0) is 49.4 Å². The lowest BCUT2D eigenvalue weighted by Crippen LogP contribution is -2.25. The maximum atomic E-state index is 11.7. The summed E-state index contributed by atoms with van der Waals surface area (Å²) in [6.45, 7) is 1.79. The molecule has 7 nitrogen and oxygen atoms in total. The van der Waals surface area contributed by atoms with Gasteiger partial charge in [0.15, 0.2) is 5.76 Å². The first-order valence-corrected chi connectivity index (χ1v) is 10.8. The van der Waals surface area contributed by atoms with Gasteiger partial charge in [0.2, 0.25) is 11.8 Å². The van der Waals surface area contributed by atoms with Crippen LogP contribution in [0.5, 0.6) is 5.88 Å². The lowest BCUT2D eigenvalue weighted by atomic mass is 10.0. The SMILES string of the molecule is Cc1oc(-c2ccccc2)nc1O/N=C/CCc1ccc(CC2SC(=O)NC2=O)cc1. The molecular weight excluding hydrogens is 414 g/mol. The lowest BCUT2D eigenvalue weighted by molar-refractivity contribution is -0.118. The Hall–Kier alpha value is -3.39. The average molecular weight is 436 g/mol. The summed E-state index contributed by atoms with van der Waals surface area (Å²) in [6.07, 6.45) is 3.75. The molecule has 0 saturated carbocycles. The highest BCUT2D eigenvalue weighted by Crippen LogP contribution is 2.26. The van der Waals surface area contributed by atoms with Gasteiger partial charge in [-0.1, -0.05) is 59.4 Å². The van der Waals surface area contributed by atoms with E-state index in [-0.39, 0.29) is 16.4 Å². The Balaban J connectivity index is 1.25. The molecule has 1 aliphatic rings. The van der Waals surface area contributed by atoms with Gasteiger partial charge in [-0.15, -0.1) is 0 Å². The van der Waals surface area contributed by atoms with E-state index >= 15 is 0 Å². The summed E-state index contributed by atoms with van der Waals surface area (Å²) >= 11 is 1.05. The van der Waals surface area contributed by atoms with Crippen LogP contribution in [0.2, 0.25) is 0 Å². The molecule has 31 heavy (non-hydrogen) atoms. The molecule has 1 N–H and O–H groups in total. The third-order valence-electron chi connectivity index (χ3n) is 4.76. The zero-order valence-electron chi connectivity index (χ0n) is 16.9. The largest absolute Gasteiger partial charge is 0.437 e. The van der Waals surface area contributed by atoms with Crippen LogP contribution >= 0.6 is 11.8 Å². The normalized spacial score (nSPS) is 16.1. The van der Waals surface area contributed by atoms with Crippen molar-refractivity contribution in [2.75, 3.05) is 0 Å². The summed E-state index contributed by atoms with van der Waals surface area (Å²) in [5.41, 5.74) is 3.06. The minimum Gasteiger partial charge on any atom is -0.437 e. The number of carbonyl (C=O) groups excluding carboxylic acids is 2. The zero-order chi connectivity index (χ0) is 21.6. The number of imide groups is 1. The quantitative estimate of drug-likeness (QED) is 0.412. The van der Waals surface area contributed by atoms with E-state index in [1.807, 2.05) is 54.6 Å². The molecule has 158 valence electrons. The smallest absolute Gasteiger partial charge is 0.290 e. The first kappa shape index (κ1) is 20.9. The van der Waals surface area contributed by atoms with E-state index in [9.17, 15) is 9.59 Å². The Bertz CT molecular complexity index is 1090. The van der Waals surface area contributed by atoms with E-state index in [1.54, 1.807) is 13.1 Å². The van der Waals surface area contributed by atoms with Gasteiger partial charge in [0, 0.05) is 11.8 Å². The molecule has 8 heteroatoms. The van der Waals surface area contributed by atoms with Gasteiger partial charge >= 0.3 is 0 Å². The number of aryl methyl sites for hydroxylation is 2. The van der Waals surface area contributed by atoms with Crippen LogP contribution in [0.3, 0.4) is 0 Å². The molecule has 0 bridgehead atoms. The minimum absolute atomic E-state index is 0.214. The van der Waals surface area contributed by atoms with Crippen LogP contribution in [0.25, 0.3) is 11.5 Å². The second-order valence-corrected chi connectivity index (χ2v) is 8.24. The Labute approximate surface area is 183 Å². The van der Waals surface area contributed by atoms with Crippen LogP contribution in [0.4, 0.5) is 4.79 Å². The number of oxazole rings is 1. The fraction of sp³-hybridized carbons (Fsp3) is 0.217. The lowest BCUT2D eigenvalue weighted by Gasteiger charge is -2.06. The number of aromatic nitrogens is 1. The van der Waals surface area contributed by atoms with E-state index < -0.39 is 0 Å². The molecule has 4 rings (SSSR count). The Morgan fingerprint density at radius 2 is 1.87 bits per heavy atom. The highest BCUT2D eigenvalue weighted by molar-refractivity contribution is 8.15. The number of amides is 2. The van der Waals surface area contributed by atoms with Gasteiger partial charge in [-0.2, -0.15) is 4.98 Å². The van der Waals surface area contributed by atoms with Gasteiger partial charge < -0.3 is 9.25 Å². The van der Waals surface area contributed by atoms with Gasteiger partial charge in [0.25, 0.3) is 11.1 Å². The molecule has 1 aliphatic heterocycles. The Morgan fingerprint density at radius 3 is 2.58 bits per heavy atom. The monoisotopic (exact) mass is 435 g/mol. The van der Waals surface area contributed by atoms with Crippen molar-refractivity contribution in [1.82, 2.24) is 10.3 Å². The highest BCUT2D eigenvalue weighted by atomic mass is 32.2. The molecule has 2 heterocycles. The summed E-state index contributed by atoms with van der Waals surface area (Å²) in [6, 6.07) is 17.6. The minimum atomic E-state index is -0.343. The Morgan fingerprint density at radius 1 is 1.13 bits per heavy atom. The summed E-state index contributed by atoms with van der Waals surface area (Å²) in [5, 5.41) is 5.70.